The van der Waals surface area contributed by atoms with Crippen LogP contribution in [-0.4, -0.2) is 36.2 Å². The highest BCUT2D eigenvalue weighted by Crippen LogP contribution is 2.29. The SMILES string of the molecule is N#Cc1ccc(-c2csc(NC(=O)C3CCCN3S(=O)(=O)c3ccc(Cl)cc3)n2)cc1. The summed E-state index contributed by atoms with van der Waals surface area (Å²) >= 11 is 7.12. The molecule has 1 aliphatic heterocycles. The van der Waals surface area contributed by atoms with Crippen LogP contribution in [0.3, 0.4) is 0 Å². The first kappa shape index (κ1) is 21.5. The van der Waals surface area contributed by atoms with Gasteiger partial charge < -0.3 is 5.32 Å². The third kappa shape index (κ3) is 4.48. The van der Waals surface area contributed by atoms with Gasteiger partial charge in [0.05, 0.1) is 22.2 Å². The molecule has 1 fully saturated rings. The number of hydrogen-bond acceptors (Lipinski definition) is 6. The number of halogens is 1. The molecule has 0 saturated carbocycles. The van der Waals surface area contributed by atoms with Crippen molar-refractivity contribution in [2.24, 2.45) is 0 Å². The van der Waals surface area contributed by atoms with E-state index in [1.54, 1.807) is 29.6 Å². The topological polar surface area (TPSA) is 103 Å². The van der Waals surface area contributed by atoms with Crippen molar-refractivity contribution in [1.82, 2.24) is 9.29 Å². The molecule has 1 amide bonds. The lowest BCUT2D eigenvalue weighted by molar-refractivity contribution is -0.119. The summed E-state index contributed by atoms with van der Waals surface area (Å²) in [4.78, 5) is 17.4. The van der Waals surface area contributed by atoms with Gasteiger partial charge in [-0.05, 0) is 49.2 Å². The van der Waals surface area contributed by atoms with E-state index in [1.807, 2.05) is 0 Å². The van der Waals surface area contributed by atoms with Gasteiger partial charge in [0.25, 0.3) is 0 Å². The number of nitrogens with zero attached hydrogens (tertiary/aromatic N) is 3. The van der Waals surface area contributed by atoms with E-state index in [9.17, 15) is 13.2 Å². The number of anilines is 1. The molecule has 2 heterocycles. The van der Waals surface area contributed by atoms with Crippen LogP contribution in [0.15, 0.2) is 58.8 Å². The Kier molecular flexibility index (Phi) is 6.07. The molecule has 3 aromatic rings. The molecule has 0 aliphatic carbocycles. The average molecular weight is 473 g/mol. The van der Waals surface area contributed by atoms with Crippen molar-refractivity contribution in [3.05, 3.63) is 64.5 Å². The van der Waals surface area contributed by atoms with Gasteiger partial charge in [-0.2, -0.15) is 9.57 Å². The monoisotopic (exact) mass is 472 g/mol. The van der Waals surface area contributed by atoms with Gasteiger partial charge in [-0.15, -0.1) is 11.3 Å². The van der Waals surface area contributed by atoms with E-state index >= 15 is 0 Å². The summed E-state index contributed by atoms with van der Waals surface area (Å²) < 4.78 is 27.3. The van der Waals surface area contributed by atoms with Crippen LogP contribution in [-0.2, 0) is 14.8 Å². The van der Waals surface area contributed by atoms with Crippen molar-refractivity contribution in [3.8, 4) is 17.3 Å². The minimum Gasteiger partial charge on any atom is -0.301 e. The molecule has 1 aromatic heterocycles. The molecular weight excluding hydrogens is 456 g/mol. The molecule has 0 bridgehead atoms. The Morgan fingerprint density at radius 1 is 1.19 bits per heavy atom. The van der Waals surface area contributed by atoms with Gasteiger partial charge in [0, 0.05) is 22.5 Å². The molecule has 158 valence electrons. The molecule has 1 saturated heterocycles. The lowest BCUT2D eigenvalue weighted by Crippen LogP contribution is -2.43. The number of carbonyl (C=O) groups is 1. The van der Waals surface area contributed by atoms with Crippen LogP contribution in [0.4, 0.5) is 5.13 Å². The zero-order chi connectivity index (χ0) is 22.0. The maximum atomic E-state index is 13.0. The van der Waals surface area contributed by atoms with Crippen LogP contribution in [0.5, 0.6) is 0 Å². The van der Waals surface area contributed by atoms with Crippen molar-refractivity contribution >= 4 is 44.0 Å². The number of hydrogen-bond donors (Lipinski definition) is 1. The van der Waals surface area contributed by atoms with Crippen LogP contribution in [0, 0.1) is 11.3 Å². The van der Waals surface area contributed by atoms with Crippen molar-refractivity contribution in [2.45, 2.75) is 23.8 Å². The molecule has 0 radical (unpaired) electrons. The Balaban J connectivity index is 1.50. The van der Waals surface area contributed by atoms with Crippen molar-refractivity contribution in [1.29, 1.82) is 5.26 Å². The van der Waals surface area contributed by atoms with E-state index in [-0.39, 0.29) is 11.4 Å². The summed E-state index contributed by atoms with van der Waals surface area (Å²) in [5.74, 6) is -0.407. The Morgan fingerprint density at radius 2 is 1.90 bits per heavy atom. The van der Waals surface area contributed by atoms with Crippen LogP contribution < -0.4 is 5.32 Å². The van der Waals surface area contributed by atoms with Crippen molar-refractivity contribution in [3.63, 3.8) is 0 Å². The summed E-state index contributed by atoms with van der Waals surface area (Å²) in [6.45, 7) is 0.275. The van der Waals surface area contributed by atoms with E-state index in [0.29, 0.717) is 34.3 Å². The zero-order valence-electron chi connectivity index (χ0n) is 16.2. The second-order valence-electron chi connectivity index (χ2n) is 6.94. The fourth-order valence-electron chi connectivity index (χ4n) is 3.40. The fourth-order valence-corrected chi connectivity index (χ4v) is 5.90. The molecule has 7 nitrogen and oxygen atoms in total. The second-order valence-corrected chi connectivity index (χ2v) is 10.1. The molecule has 1 N–H and O–H groups in total. The largest absolute Gasteiger partial charge is 0.301 e. The third-order valence-corrected chi connectivity index (χ3v) is 7.90. The fraction of sp³-hybridized carbons (Fsp3) is 0.190. The summed E-state index contributed by atoms with van der Waals surface area (Å²) in [7, 11) is -3.82. The molecule has 1 atom stereocenters. The number of sulfonamides is 1. The van der Waals surface area contributed by atoms with E-state index in [0.717, 1.165) is 5.56 Å². The number of amides is 1. The summed E-state index contributed by atoms with van der Waals surface area (Å²) in [6, 6.07) is 14.1. The van der Waals surface area contributed by atoms with Crippen molar-refractivity contribution < 1.29 is 13.2 Å². The van der Waals surface area contributed by atoms with E-state index in [1.165, 1.54) is 39.9 Å². The number of nitrogens with one attached hydrogen (secondary N) is 1. The number of benzene rings is 2. The van der Waals surface area contributed by atoms with Gasteiger partial charge in [0.2, 0.25) is 15.9 Å². The highest BCUT2D eigenvalue weighted by Gasteiger charge is 2.39. The Bertz CT molecular complexity index is 1250. The quantitative estimate of drug-likeness (QED) is 0.601. The van der Waals surface area contributed by atoms with Gasteiger partial charge in [-0.1, -0.05) is 23.7 Å². The third-order valence-electron chi connectivity index (χ3n) is 4.97. The zero-order valence-corrected chi connectivity index (χ0v) is 18.5. The molecule has 4 rings (SSSR count). The van der Waals surface area contributed by atoms with Crippen LogP contribution in [0.2, 0.25) is 5.02 Å². The Labute approximate surface area is 189 Å². The summed E-state index contributed by atoms with van der Waals surface area (Å²) in [6.07, 6.45) is 1.03. The minimum absolute atomic E-state index is 0.106. The van der Waals surface area contributed by atoms with Gasteiger partial charge in [0.1, 0.15) is 6.04 Å². The van der Waals surface area contributed by atoms with Crippen molar-refractivity contribution in [2.75, 3.05) is 11.9 Å². The molecule has 31 heavy (non-hydrogen) atoms. The molecule has 1 unspecified atom stereocenters. The number of rotatable bonds is 5. The van der Waals surface area contributed by atoms with Crippen LogP contribution >= 0.6 is 22.9 Å². The van der Waals surface area contributed by atoms with Crippen LogP contribution in [0.25, 0.3) is 11.3 Å². The van der Waals surface area contributed by atoms with Gasteiger partial charge >= 0.3 is 0 Å². The summed E-state index contributed by atoms with van der Waals surface area (Å²) in [5.41, 5.74) is 2.04. The number of carbonyl (C=O) groups excluding carboxylic acids is 1. The first-order valence-electron chi connectivity index (χ1n) is 9.43. The lowest BCUT2D eigenvalue weighted by atomic mass is 10.1. The Hall–Kier alpha value is -2.77. The van der Waals surface area contributed by atoms with Crippen LogP contribution in [0.1, 0.15) is 18.4 Å². The molecule has 1 aliphatic rings. The maximum absolute atomic E-state index is 13.0. The predicted molar refractivity (Wildman–Crippen MR) is 119 cm³/mol. The number of thiazole rings is 1. The van der Waals surface area contributed by atoms with Gasteiger partial charge in [0.15, 0.2) is 5.13 Å². The average Bonchev–Trinajstić information content (AvgIpc) is 3.44. The maximum Gasteiger partial charge on any atom is 0.244 e. The van der Waals surface area contributed by atoms with E-state index < -0.39 is 22.0 Å². The lowest BCUT2D eigenvalue weighted by Gasteiger charge is -2.23. The second kappa shape index (κ2) is 8.77. The smallest absolute Gasteiger partial charge is 0.244 e. The van der Waals surface area contributed by atoms with Gasteiger partial charge in [-0.25, -0.2) is 13.4 Å². The normalized spacial score (nSPS) is 16.7. The first-order chi connectivity index (χ1) is 14.9. The number of aromatic nitrogens is 1. The molecule has 2 aromatic carbocycles. The minimum atomic E-state index is -3.82. The predicted octanol–water partition coefficient (Wildman–Crippen LogP) is 4.13. The molecule has 10 heteroatoms. The van der Waals surface area contributed by atoms with Gasteiger partial charge in [-0.3, -0.25) is 4.79 Å². The van der Waals surface area contributed by atoms with E-state index in [2.05, 4.69) is 16.4 Å². The standard InChI is InChI=1S/C21H17ClN4O3S2/c22-16-7-9-17(10-8-16)31(28,29)26-11-1-2-19(26)20(27)25-21-24-18(13-30-21)15-5-3-14(12-23)4-6-15/h3-10,13,19H,1-2,11H2,(H,24,25,27). The van der Waals surface area contributed by atoms with E-state index in [4.69, 9.17) is 16.9 Å². The first-order valence-corrected chi connectivity index (χ1v) is 12.1. The Morgan fingerprint density at radius 3 is 2.58 bits per heavy atom. The summed E-state index contributed by atoms with van der Waals surface area (Å²) in [5, 5.41) is 14.3. The highest BCUT2D eigenvalue weighted by molar-refractivity contribution is 7.89. The highest BCUT2D eigenvalue weighted by atomic mass is 35.5. The number of nitriles is 1. The molecular formula is C21H17ClN4O3S2. The molecule has 0 spiro atoms.